The van der Waals surface area contributed by atoms with Crippen molar-refractivity contribution in [3.05, 3.63) is 29.8 Å². The van der Waals surface area contributed by atoms with Crippen LogP contribution >= 0.6 is 24.0 Å². The van der Waals surface area contributed by atoms with Crippen molar-refractivity contribution < 1.29 is 4.74 Å². The largest absolute Gasteiger partial charge is 0.497 e. The number of benzene rings is 1. The molecule has 0 atom stereocenters. The van der Waals surface area contributed by atoms with E-state index in [1.54, 1.807) is 7.11 Å². The Bertz CT molecular complexity index is 496. The maximum Gasteiger partial charge on any atom is 0.191 e. The van der Waals surface area contributed by atoms with Crippen LogP contribution in [0.4, 0.5) is 0 Å². The first-order valence-corrected chi connectivity index (χ1v) is 7.72. The van der Waals surface area contributed by atoms with E-state index in [-0.39, 0.29) is 29.4 Å². The Morgan fingerprint density at radius 3 is 2.59 bits per heavy atom. The standard InChI is InChI=1S/C17H27N3O.HI/c1-17(2,14-8-7-9-15(12-14)21-3)13-19-16(18)20-10-5-4-6-11-20;/h7-9,12H,4-6,10-11,13H2,1-3H3,(H2,18,19);1H. The fourth-order valence-electron chi connectivity index (χ4n) is 2.64. The van der Waals surface area contributed by atoms with Gasteiger partial charge >= 0.3 is 0 Å². The third-order valence-corrected chi connectivity index (χ3v) is 4.17. The molecular formula is C17H28IN3O. The molecule has 1 aromatic rings. The molecule has 0 aromatic heterocycles. The Labute approximate surface area is 151 Å². The summed E-state index contributed by atoms with van der Waals surface area (Å²) in [6, 6.07) is 8.18. The first-order chi connectivity index (χ1) is 10.0. The molecule has 0 aliphatic carbocycles. The van der Waals surface area contributed by atoms with Crippen molar-refractivity contribution in [2.24, 2.45) is 10.7 Å². The Morgan fingerprint density at radius 2 is 1.95 bits per heavy atom. The van der Waals surface area contributed by atoms with Crippen LogP contribution in [0, 0.1) is 0 Å². The second-order valence-corrected chi connectivity index (χ2v) is 6.34. The second-order valence-electron chi connectivity index (χ2n) is 6.34. The molecular weight excluding hydrogens is 389 g/mol. The van der Waals surface area contributed by atoms with E-state index >= 15 is 0 Å². The molecule has 124 valence electrons. The Morgan fingerprint density at radius 1 is 1.27 bits per heavy atom. The highest BCUT2D eigenvalue weighted by molar-refractivity contribution is 14.0. The summed E-state index contributed by atoms with van der Waals surface area (Å²) in [6.45, 7) is 7.13. The first-order valence-electron chi connectivity index (χ1n) is 7.72. The lowest BCUT2D eigenvalue weighted by molar-refractivity contribution is 0.337. The minimum Gasteiger partial charge on any atom is -0.497 e. The van der Waals surface area contributed by atoms with Gasteiger partial charge in [-0.15, -0.1) is 24.0 Å². The van der Waals surface area contributed by atoms with Crippen molar-refractivity contribution >= 4 is 29.9 Å². The number of nitrogens with two attached hydrogens (primary N) is 1. The topological polar surface area (TPSA) is 50.9 Å². The smallest absolute Gasteiger partial charge is 0.191 e. The van der Waals surface area contributed by atoms with E-state index in [0.29, 0.717) is 12.5 Å². The fourth-order valence-corrected chi connectivity index (χ4v) is 2.64. The number of piperidine rings is 1. The highest BCUT2D eigenvalue weighted by atomic mass is 127. The molecule has 2 N–H and O–H groups in total. The summed E-state index contributed by atoms with van der Waals surface area (Å²) in [5.74, 6) is 1.57. The summed E-state index contributed by atoms with van der Waals surface area (Å²) in [7, 11) is 1.69. The predicted molar refractivity (Wildman–Crippen MR) is 103 cm³/mol. The van der Waals surface area contributed by atoms with Gasteiger partial charge in [0.2, 0.25) is 0 Å². The fraction of sp³-hybridized carbons (Fsp3) is 0.588. The number of rotatable bonds is 4. The van der Waals surface area contributed by atoms with Crippen molar-refractivity contribution in [1.29, 1.82) is 0 Å². The summed E-state index contributed by atoms with van der Waals surface area (Å²) >= 11 is 0. The van der Waals surface area contributed by atoms with Gasteiger partial charge < -0.3 is 15.4 Å². The number of hydrogen-bond donors (Lipinski definition) is 1. The number of hydrogen-bond acceptors (Lipinski definition) is 2. The van der Waals surface area contributed by atoms with Crippen LogP contribution in [0.2, 0.25) is 0 Å². The van der Waals surface area contributed by atoms with Crippen LogP contribution in [0.25, 0.3) is 0 Å². The maximum atomic E-state index is 6.14. The summed E-state index contributed by atoms with van der Waals surface area (Å²) in [5.41, 5.74) is 7.30. The number of ether oxygens (including phenoxy) is 1. The van der Waals surface area contributed by atoms with E-state index in [1.165, 1.54) is 24.8 Å². The molecule has 1 aromatic carbocycles. The van der Waals surface area contributed by atoms with Gasteiger partial charge in [0, 0.05) is 18.5 Å². The van der Waals surface area contributed by atoms with E-state index in [1.807, 2.05) is 12.1 Å². The molecule has 2 rings (SSSR count). The number of nitrogens with zero attached hydrogens (tertiary/aromatic N) is 2. The van der Waals surface area contributed by atoms with Crippen LogP contribution in [0.1, 0.15) is 38.7 Å². The van der Waals surface area contributed by atoms with Crippen LogP contribution in [-0.4, -0.2) is 37.6 Å². The van der Waals surface area contributed by atoms with E-state index in [0.717, 1.165) is 18.8 Å². The molecule has 1 heterocycles. The van der Waals surface area contributed by atoms with Gasteiger partial charge in [0.25, 0.3) is 0 Å². The molecule has 4 nitrogen and oxygen atoms in total. The van der Waals surface area contributed by atoms with Crippen LogP contribution in [0.3, 0.4) is 0 Å². The van der Waals surface area contributed by atoms with Crippen LogP contribution in [0.5, 0.6) is 5.75 Å². The van der Waals surface area contributed by atoms with Gasteiger partial charge in [-0.2, -0.15) is 0 Å². The van der Waals surface area contributed by atoms with Gasteiger partial charge in [0.15, 0.2) is 5.96 Å². The molecule has 5 heteroatoms. The lowest BCUT2D eigenvalue weighted by Crippen LogP contribution is -2.41. The molecule has 0 unspecified atom stereocenters. The van der Waals surface area contributed by atoms with Crippen molar-refractivity contribution in [3.63, 3.8) is 0 Å². The predicted octanol–water partition coefficient (Wildman–Crippen LogP) is 3.39. The zero-order valence-electron chi connectivity index (χ0n) is 13.8. The van der Waals surface area contributed by atoms with Crippen molar-refractivity contribution in [2.75, 3.05) is 26.7 Å². The Kier molecular flexibility index (Phi) is 7.45. The lowest BCUT2D eigenvalue weighted by Gasteiger charge is -2.29. The average molecular weight is 417 g/mol. The van der Waals surface area contributed by atoms with Gasteiger partial charge in [-0.05, 0) is 37.0 Å². The van der Waals surface area contributed by atoms with Gasteiger partial charge in [0.1, 0.15) is 5.75 Å². The van der Waals surface area contributed by atoms with Crippen molar-refractivity contribution in [1.82, 2.24) is 4.90 Å². The van der Waals surface area contributed by atoms with Gasteiger partial charge in [0.05, 0.1) is 13.7 Å². The van der Waals surface area contributed by atoms with Gasteiger partial charge in [-0.25, -0.2) is 0 Å². The minimum atomic E-state index is -0.0606. The molecule has 1 aliphatic heterocycles. The number of guanidine groups is 1. The zero-order chi connectivity index (χ0) is 15.3. The number of methoxy groups -OCH3 is 1. The van der Waals surface area contributed by atoms with Crippen molar-refractivity contribution in [3.8, 4) is 5.75 Å². The third kappa shape index (κ3) is 5.04. The van der Waals surface area contributed by atoms with E-state index < -0.39 is 0 Å². The summed E-state index contributed by atoms with van der Waals surface area (Å²) in [5, 5.41) is 0. The van der Waals surface area contributed by atoms with Crippen LogP contribution in [0.15, 0.2) is 29.3 Å². The Balaban J connectivity index is 0.00000242. The normalized spacial score (nSPS) is 16.1. The van der Waals surface area contributed by atoms with Gasteiger partial charge in [-0.3, -0.25) is 4.99 Å². The second kappa shape index (κ2) is 8.60. The minimum absolute atomic E-state index is 0. The molecule has 22 heavy (non-hydrogen) atoms. The number of likely N-dealkylation sites (tertiary alicyclic amines) is 1. The van der Waals surface area contributed by atoms with E-state index in [4.69, 9.17) is 10.5 Å². The average Bonchev–Trinajstić information content (AvgIpc) is 2.53. The summed E-state index contributed by atoms with van der Waals surface area (Å²) in [6.07, 6.45) is 3.74. The Hall–Kier alpha value is -0.980. The SMILES string of the molecule is COc1cccc(C(C)(C)CN=C(N)N2CCCCC2)c1.I. The zero-order valence-corrected chi connectivity index (χ0v) is 16.2. The van der Waals surface area contributed by atoms with Gasteiger partial charge in [-0.1, -0.05) is 26.0 Å². The summed E-state index contributed by atoms with van der Waals surface area (Å²) in [4.78, 5) is 6.83. The molecule has 0 spiro atoms. The molecule has 1 fully saturated rings. The van der Waals surface area contributed by atoms with E-state index in [2.05, 4.69) is 35.9 Å². The molecule has 0 saturated carbocycles. The van der Waals surface area contributed by atoms with Crippen LogP contribution < -0.4 is 10.5 Å². The number of halogens is 1. The molecule has 1 saturated heterocycles. The molecule has 0 radical (unpaired) electrons. The van der Waals surface area contributed by atoms with E-state index in [9.17, 15) is 0 Å². The third-order valence-electron chi connectivity index (χ3n) is 4.17. The quantitative estimate of drug-likeness (QED) is 0.464. The van der Waals surface area contributed by atoms with Crippen LogP contribution in [-0.2, 0) is 5.41 Å². The van der Waals surface area contributed by atoms with Crippen molar-refractivity contribution in [2.45, 2.75) is 38.5 Å². The monoisotopic (exact) mass is 417 g/mol. The number of aliphatic imine (C=N–C) groups is 1. The lowest BCUT2D eigenvalue weighted by atomic mass is 9.84. The summed E-state index contributed by atoms with van der Waals surface area (Å²) < 4.78 is 5.30. The highest BCUT2D eigenvalue weighted by Gasteiger charge is 2.21. The first kappa shape index (κ1) is 19.1. The molecule has 0 amide bonds. The molecule has 0 bridgehead atoms. The maximum absolute atomic E-state index is 6.14. The highest BCUT2D eigenvalue weighted by Crippen LogP contribution is 2.26. The molecule has 1 aliphatic rings.